The lowest BCUT2D eigenvalue weighted by Crippen LogP contribution is -2.27. The van der Waals surface area contributed by atoms with Crippen molar-refractivity contribution < 1.29 is 0 Å². The summed E-state index contributed by atoms with van der Waals surface area (Å²) in [6, 6.07) is -0.0647. The van der Waals surface area contributed by atoms with Gasteiger partial charge in [0.25, 0.3) is 5.56 Å². The number of aromatic amines is 2. The topological polar surface area (TPSA) is 86.5 Å². The summed E-state index contributed by atoms with van der Waals surface area (Å²) in [5.74, 6) is 0.641. The van der Waals surface area contributed by atoms with E-state index < -0.39 is 0 Å². The molecule has 6 nitrogen and oxygen atoms in total. The Hall–Kier alpha value is -1.95. The lowest BCUT2D eigenvalue weighted by atomic mass is 10.1. The van der Waals surface area contributed by atoms with E-state index in [-0.39, 0.29) is 11.6 Å². The zero-order chi connectivity index (χ0) is 13.1. The summed E-state index contributed by atoms with van der Waals surface area (Å²) in [4.78, 5) is 25.9. The number of hydrogen-bond donors (Lipinski definition) is 3. The normalized spacial score (nSPS) is 12.6. The van der Waals surface area contributed by atoms with Crippen molar-refractivity contribution in [3.63, 3.8) is 0 Å². The molecule has 6 heteroatoms. The summed E-state index contributed by atoms with van der Waals surface area (Å²) in [7, 11) is 0. The summed E-state index contributed by atoms with van der Waals surface area (Å²) >= 11 is 0. The fraction of sp³-hybridized carbons (Fsp3) is 0.417. The van der Waals surface area contributed by atoms with E-state index in [9.17, 15) is 4.79 Å². The van der Waals surface area contributed by atoms with Crippen LogP contribution >= 0.6 is 0 Å². The first-order chi connectivity index (χ1) is 8.58. The number of aromatic nitrogens is 4. The third-order valence-electron chi connectivity index (χ3n) is 2.85. The molecule has 0 radical (unpaired) electrons. The lowest BCUT2D eigenvalue weighted by Gasteiger charge is -2.14. The zero-order valence-electron chi connectivity index (χ0n) is 10.7. The van der Waals surface area contributed by atoms with Crippen LogP contribution < -0.4 is 10.9 Å². The molecule has 0 amide bonds. The van der Waals surface area contributed by atoms with Crippen LogP contribution in [0.2, 0.25) is 0 Å². The summed E-state index contributed by atoms with van der Waals surface area (Å²) in [5.41, 5.74) is 2.35. The van der Waals surface area contributed by atoms with Gasteiger partial charge in [0, 0.05) is 30.2 Å². The Bertz CT molecular complexity index is 573. The fourth-order valence-electron chi connectivity index (χ4n) is 1.99. The van der Waals surface area contributed by atoms with Crippen molar-refractivity contribution in [3.05, 3.63) is 45.7 Å². The van der Waals surface area contributed by atoms with Gasteiger partial charge in [-0.25, -0.2) is 9.97 Å². The first kappa shape index (κ1) is 12.5. The number of nitrogens with one attached hydrogen (secondary N) is 3. The van der Waals surface area contributed by atoms with Crippen LogP contribution in [0.25, 0.3) is 0 Å². The monoisotopic (exact) mass is 247 g/mol. The molecule has 3 N–H and O–H groups in total. The van der Waals surface area contributed by atoms with Crippen LogP contribution in [0.1, 0.15) is 35.7 Å². The van der Waals surface area contributed by atoms with Gasteiger partial charge in [-0.05, 0) is 20.8 Å². The molecule has 96 valence electrons. The van der Waals surface area contributed by atoms with E-state index in [0.717, 1.165) is 11.4 Å². The average molecular weight is 247 g/mol. The van der Waals surface area contributed by atoms with E-state index in [1.165, 1.54) is 0 Å². The van der Waals surface area contributed by atoms with Gasteiger partial charge in [-0.2, -0.15) is 0 Å². The second-order valence-corrected chi connectivity index (χ2v) is 4.33. The Morgan fingerprint density at radius 2 is 2.22 bits per heavy atom. The van der Waals surface area contributed by atoms with Crippen molar-refractivity contribution in [2.45, 2.75) is 33.4 Å². The van der Waals surface area contributed by atoms with Gasteiger partial charge in [0.15, 0.2) is 0 Å². The zero-order valence-corrected chi connectivity index (χ0v) is 10.7. The van der Waals surface area contributed by atoms with E-state index in [1.54, 1.807) is 19.4 Å². The first-order valence-corrected chi connectivity index (χ1v) is 5.86. The number of imidazole rings is 1. The third-order valence-corrected chi connectivity index (χ3v) is 2.85. The minimum absolute atomic E-state index is 0.0647. The molecule has 0 saturated heterocycles. The Labute approximate surface area is 105 Å². The number of hydrogen-bond acceptors (Lipinski definition) is 4. The van der Waals surface area contributed by atoms with Gasteiger partial charge < -0.3 is 15.3 Å². The van der Waals surface area contributed by atoms with Crippen molar-refractivity contribution in [2.75, 3.05) is 0 Å². The fourth-order valence-corrected chi connectivity index (χ4v) is 1.99. The van der Waals surface area contributed by atoms with Crippen LogP contribution in [-0.4, -0.2) is 19.9 Å². The molecular weight excluding hydrogens is 230 g/mol. The lowest BCUT2D eigenvalue weighted by molar-refractivity contribution is 0.557. The van der Waals surface area contributed by atoms with Crippen molar-refractivity contribution in [2.24, 2.45) is 0 Å². The first-order valence-electron chi connectivity index (χ1n) is 5.86. The highest BCUT2D eigenvalue weighted by Gasteiger charge is 2.14. The van der Waals surface area contributed by atoms with Crippen LogP contribution in [-0.2, 0) is 6.54 Å². The molecule has 0 aromatic carbocycles. The predicted molar refractivity (Wildman–Crippen MR) is 68.2 cm³/mol. The molecule has 0 aliphatic heterocycles. The van der Waals surface area contributed by atoms with Crippen LogP contribution in [0, 0.1) is 13.8 Å². The molecular formula is C12H17N5O. The molecule has 2 aromatic rings. The van der Waals surface area contributed by atoms with E-state index in [0.29, 0.717) is 17.9 Å². The minimum Gasteiger partial charge on any atom is -0.347 e. The third kappa shape index (κ3) is 2.65. The van der Waals surface area contributed by atoms with Gasteiger partial charge in [0.2, 0.25) is 0 Å². The van der Waals surface area contributed by atoms with Crippen molar-refractivity contribution in [3.8, 4) is 0 Å². The maximum absolute atomic E-state index is 11.9. The second-order valence-electron chi connectivity index (χ2n) is 4.33. The number of nitrogens with zero attached hydrogens (tertiary/aromatic N) is 2. The van der Waals surface area contributed by atoms with E-state index in [4.69, 9.17) is 0 Å². The molecule has 2 heterocycles. The van der Waals surface area contributed by atoms with Gasteiger partial charge in [0.1, 0.15) is 5.82 Å². The molecule has 2 rings (SSSR count). The van der Waals surface area contributed by atoms with Crippen LogP contribution in [0.4, 0.5) is 0 Å². The SMILES string of the molecule is Cc1nc(C)c(C(C)NCc2cnc[nH]2)c(=O)[nH]1. The molecule has 0 aliphatic carbocycles. The summed E-state index contributed by atoms with van der Waals surface area (Å²) in [6.07, 6.45) is 3.39. The minimum atomic E-state index is -0.0791. The van der Waals surface area contributed by atoms with Crippen LogP contribution in [0.5, 0.6) is 0 Å². The Morgan fingerprint density at radius 3 is 2.83 bits per heavy atom. The molecule has 0 aliphatic rings. The van der Waals surface area contributed by atoms with E-state index >= 15 is 0 Å². The Kier molecular flexibility index (Phi) is 3.57. The maximum Gasteiger partial charge on any atom is 0.255 e. The van der Waals surface area contributed by atoms with Crippen molar-refractivity contribution in [1.82, 2.24) is 25.3 Å². The van der Waals surface area contributed by atoms with Crippen LogP contribution in [0.15, 0.2) is 17.3 Å². The molecule has 0 fully saturated rings. The standard InChI is InChI=1S/C12H17N5O/c1-7(14-5-10-4-13-6-15-10)11-8(2)16-9(3)17-12(11)18/h4,6-7,14H,5H2,1-3H3,(H,13,15)(H,16,17,18). The average Bonchev–Trinajstić information content (AvgIpc) is 2.77. The van der Waals surface area contributed by atoms with Crippen molar-refractivity contribution in [1.29, 1.82) is 0 Å². The molecule has 0 saturated carbocycles. The van der Waals surface area contributed by atoms with E-state index in [2.05, 4.69) is 25.3 Å². The molecule has 18 heavy (non-hydrogen) atoms. The molecule has 0 bridgehead atoms. The van der Waals surface area contributed by atoms with Gasteiger partial charge >= 0.3 is 0 Å². The Balaban J connectivity index is 2.14. The number of aryl methyl sites for hydroxylation is 2. The Morgan fingerprint density at radius 1 is 1.44 bits per heavy atom. The number of H-pyrrole nitrogens is 2. The second kappa shape index (κ2) is 5.14. The number of rotatable bonds is 4. The smallest absolute Gasteiger partial charge is 0.255 e. The summed E-state index contributed by atoms with van der Waals surface area (Å²) in [6.45, 7) is 6.21. The predicted octanol–water partition coefficient (Wildman–Crippen LogP) is 0.961. The van der Waals surface area contributed by atoms with E-state index in [1.807, 2.05) is 13.8 Å². The van der Waals surface area contributed by atoms with Crippen molar-refractivity contribution >= 4 is 0 Å². The highest BCUT2D eigenvalue weighted by molar-refractivity contribution is 5.20. The van der Waals surface area contributed by atoms with Crippen LogP contribution in [0.3, 0.4) is 0 Å². The molecule has 1 unspecified atom stereocenters. The maximum atomic E-state index is 11.9. The summed E-state index contributed by atoms with van der Waals surface area (Å²) < 4.78 is 0. The highest BCUT2D eigenvalue weighted by Crippen LogP contribution is 2.11. The van der Waals surface area contributed by atoms with Gasteiger partial charge in [0.05, 0.1) is 11.9 Å². The molecule has 2 aromatic heterocycles. The van der Waals surface area contributed by atoms with Gasteiger partial charge in [-0.15, -0.1) is 0 Å². The largest absolute Gasteiger partial charge is 0.347 e. The van der Waals surface area contributed by atoms with Gasteiger partial charge in [-0.1, -0.05) is 0 Å². The quantitative estimate of drug-likeness (QED) is 0.751. The van der Waals surface area contributed by atoms with Gasteiger partial charge in [-0.3, -0.25) is 4.79 Å². The summed E-state index contributed by atoms with van der Waals surface area (Å²) in [5, 5.41) is 3.27. The molecule has 1 atom stereocenters. The highest BCUT2D eigenvalue weighted by atomic mass is 16.1. The molecule has 0 spiro atoms.